The van der Waals surface area contributed by atoms with Crippen LogP contribution in [0.3, 0.4) is 0 Å². The molecule has 1 amide bonds. The van der Waals surface area contributed by atoms with Gasteiger partial charge in [0, 0.05) is 26.2 Å². The van der Waals surface area contributed by atoms with Gasteiger partial charge >= 0.3 is 0 Å². The highest BCUT2D eigenvalue weighted by atomic mass is 32.1. The monoisotopic (exact) mass is 283 g/mol. The van der Waals surface area contributed by atoms with Crippen LogP contribution in [0.5, 0.6) is 0 Å². The first-order chi connectivity index (χ1) is 9.15. The van der Waals surface area contributed by atoms with Crippen LogP contribution in [0.1, 0.15) is 29.4 Å². The number of nitrogen functional groups attached to an aromatic ring is 1. The van der Waals surface area contributed by atoms with Crippen LogP contribution >= 0.6 is 11.3 Å². The number of hydrogen-bond acceptors (Lipinski definition) is 5. The van der Waals surface area contributed by atoms with E-state index in [-0.39, 0.29) is 12.5 Å². The van der Waals surface area contributed by atoms with Gasteiger partial charge in [-0.05, 0) is 31.7 Å². The lowest BCUT2D eigenvalue weighted by Crippen LogP contribution is -2.36. The number of thiophene rings is 1. The first-order valence-corrected chi connectivity index (χ1v) is 7.50. The molecule has 19 heavy (non-hydrogen) atoms. The van der Waals surface area contributed by atoms with E-state index in [9.17, 15) is 9.90 Å². The van der Waals surface area contributed by atoms with E-state index >= 15 is 0 Å². The Morgan fingerprint density at radius 3 is 3.16 bits per heavy atom. The van der Waals surface area contributed by atoms with Crippen molar-refractivity contribution < 1.29 is 9.90 Å². The quantitative estimate of drug-likeness (QED) is 0.778. The van der Waals surface area contributed by atoms with Crippen molar-refractivity contribution in [3.63, 3.8) is 0 Å². The lowest BCUT2D eigenvalue weighted by atomic mass is 9.99. The first kappa shape index (κ1) is 14.1. The second-order valence-corrected chi connectivity index (χ2v) is 5.90. The maximum atomic E-state index is 11.8. The molecule has 1 saturated heterocycles. The summed E-state index contributed by atoms with van der Waals surface area (Å²) in [5.41, 5.74) is 6.46. The molecule has 4 N–H and O–H groups in total. The number of rotatable bonds is 4. The van der Waals surface area contributed by atoms with Crippen LogP contribution in [-0.2, 0) is 0 Å². The van der Waals surface area contributed by atoms with E-state index in [1.54, 1.807) is 0 Å². The number of anilines is 2. The Labute approximate surface area is 117 Å². The zero-order chi connectivity index (χ0) is 13.8. The van der Waals surface area contributed by atoms with Crippen LogP contribution in [0.25, 0.3) is 0 Å². The molecule has 2 heterocycles. The molecule has 1 aliphatic rings. The summed E-state index contributed by atoms with van der Waals surface area (Å²) in [6.07, 6.45) is 2.14. The number of amides is 1. The molecule has 0 saturated carbocycles. The summed E-state index contributed by atoms with van der Waals surface area (Å²) in [4.78, 5) is 14.6. The Kier molecular flexibility index (Phi) is 4.66. The Balaban J connectivity index is 2.13. The van der Waals surface area contributed by atoms with Gasteiger partial charge in [-0.25, -0.2) is 0 Å². The molecule has 1 unspecified atom stereocenters. The predicted octanol–water partition coefficient (Wildman–Crippen LogP) is 1.29. The van der Waals surface area contributed by atoms with Crippen LogP contribution in [-0.4, -0.2) is 37.3 Å². The zero-order valence-corrected chi connectivity index (χ0v) is 12.0. The molecule has 1 aromatic heterocycles. The Bertz CT molecular complexity index is 447. The van der Waals surface area contributed by atoms with Crippen LogP contribution in [0.2, 0.25) is 0 Å². The highest BCUT2D eigenvalue weighted by molar-refractivity contribution is 7.18. The highest BCUT2D eigenvalue weighted by Gasteiger charge is 2.23. The standard InChI is InChI=1S/C13H21N3O2S/c1-2-15-13(18)12-10(14)6-11(19-12)16-5-3-4-9(7-16)8-17/h6,9,17H,2-5,7-8,14H2,1H3,(H,15,18). The molecule has 0 spiro atoms. The molecule has 1 aromatic rings. The summed E-state index contributed by atoms with van der Waals surface area (Å²) in [5, 5.41) is 13.1. The number of hydrogen-bond donors (Lipinski definition) is 3. The fraction of sp³-hybridized carbons (Fsp3) is 0.615. The minimum Gasteiger partial charge on any atom is -0.397 e. The molecule has 1 atom stereocenters. The smallest absolute Gasteiger partial charge is 0.263 e. The molecular formula is C13H21N3O2S. The van der Waals surface area contributed by atoms with E-state index in [0.717, 1.165) is 30.9 Å². The molecule has 0 aromatic carbocycles. The summed E-state index contributed by atoms with van der Waals surface area (Å²) < 4.78 is 0. The average molecular weight is 283 g/mol. The van der Waals surface area contributed by atoms with Gasteiger partial charge in [0.25, 0.3) is 5.91 Å². The van der Waals surface area contributed by atoms with Gasteiger partial charge < -0.3 is 21.1 Å². The molecule has 0 radical (unpaired) electrons. The number of nitrogens with two attached hydrogens (primary N) is 1. The van der Waals surface area contributed by atoms with E-state index in [1.165, 1.54) is 11.3 Å². The molecular weight excluding hydrogens is 262 g/mol. The van der Waals surface area contributed by atoms with Gasteiger partial charge in [0.15, 0.2) is 0 Å². The van der Waals surface area contributed by atoms with Crippen LogP contribution in [0.4, 0.5) is 10.7 Å². The number of aliphatic hydroxyl groups excluding tert-OH is 1. The van der Waals surface area contributed by atoms with E-state index in [0.29, 0.717) is 23.0 Å². The van der Waals surface area contributed by atoms with Gasteiger partial charge in [-0.15, -0.1) is 11.3 Å². The molecule has 1 fully saturated rings. The molecule has 0 aliphatic carbocycles. The Hall–Kier alpha value is -1.27. The molecule has 106 valence electrons. The Morgan fingerprint density at radius 2 is 2.47 bits per heavy atom. The van der Waals surface area contributed by atoms with Crippen LogP contribution in [0, 0.1) is 5.92 Å². The van der Waals surface area contributed by atoms with Crippen molar-refractivity contribution in [1.29, 1.82) is 0 Å². The van der Waals surface area contributed by atoms with E-state index in [2.05, 4.69) is 10.2 Å². The number of nitrogens with one attached hydrogen (secondary N) is 1. The lowest BCUT2D eigenvalue weighted by Gasteiger charge is -2.32. The zero-order valence-electron chi connectivity index (χ0n) is 11.2. The van der Waals surface area contributed by atoms with Gasteiger partial charge in [-0.2, -0.15) is 0 Å². The fourth-order valence-corrected chi connectivity index (χ4v) is 3.41. The Morgan fingerprint density at radius 1 is 1.68 bits per heavy atom. The molecule has 5 nitrogen and oxygen atoms in total. The molecule has 0 bridgehead atoms. The van der Waals surface area contributed by atoms with Crippen LogP contribution < -0.4 is 16.0 Å². The maximum Gasteiger partial charge on any atom is 0.263 e. The average Bonchev–Trinajstić information content (AvgIpc) is 2.81. The molecule has 6 heteroatoms. The number of carbonyl (C=O) groups excluding carboxylic acids is 1. The topological polar surface area (TPSA) is 78.6 Å². The van der Waals surface area contributed by atoms with E-state index in [1.807, 2.05) is 13.0 Å². The number of carbonyl (C=O) groups is 1. The van der Waals surface area contributed by atoms with Crippen molar-refractivity contribution in [2.75, 3.05) is 36.9 Å². The lowest BCUT2D eigenvalue weighted by molar-refractivity contribution is 0.0960. The van der Waals surface area contributed by atoms with Crippen molar-refractivity contribution >= 4 is 27.9 Å². The minimum atomic E-state index is -0.105. The van der Waals surface area contributed by atoms with Crippen LogP contribution in [0.15, 0.2) is 6.07 Å². The van der Waals surface area contributed by atoms with Crippen molar-refractivity contribution in [2.24, 2.45) is 5.92 Å². The van der Waals surface area contributed by atoms with E-state index < -0.39 is 0 Å². The number of nitrogens with zero attached hydrogens (tertiary/aromatic N) is 1. The second-order valence-electron chi connectivity index (χ2n) is 4.87. The van der Waals surface area contributed by atoms with Crippen molar-refractivity contribution in [3.8, 4) is 0 Å². The SMILES string of the molecule is CCNC(=O)c1sc(N2CCCC(CO)C2)cc1N. The van der Waals surface area contributed by atoms with Gasteiger partial charge in [0.2, 0.25) is 0 Å². The minimum absolute atomic E-state index is 0.105. The summed E-state index contributed by atoms with van der Waals surface area (Å²) >= 11 is 1.43. The van der Waals surface area contributed by atoms with Gasteiger partial charge in [0.05, 0.1) is 10.7 Å². The fourth-order valence-electron chi connectivity index (χ4n) is 2.38. The van der Waals surface area contributed by atoms with Crippen molar-refractivity contribution in [2.45, 2.75) is 19.8 Å². The third-order valence-corrected chi connectivity index (χ3v) is 4.59. The summed E-state index contributed by atoms with van der Waals surface area (Å²) in [6, 6.07) is 1.87. The number of aliphatic hydroxyl groups is 1. The maximum absolute atomic E-state index is 11.8. The third-order valence-electron chi connectivity index (χ3n) is 3.38. The summed E-state index contributed by atoms with van der Waals surface area (Å²) in [6.45, 7) is 4.51. The van der Waals surface area contributed by atoms with Gasteiger partial charge in [-0.1, -0.05) is 0 Å². The normalized spacial score (nSPS) is 19.5. The largest absolute Gasteiger partial charge is 0.397 e. The molecule has 1 aliphatic heterocycles. The predicted molar refractivity (Wildman–Crippen MR) is 78.8 cm³/mol. The highest BCUT2D eigenvalue weighted by Crippen LogP contribution is 2.34. The number of piperidine rings is 1. The van der Waals surface area contributed by atoms with Crippen molar-refractivity contribution in [3.05, 3.63) is 10.9 Å². The second kappa shape index (κ2) is 6.25. The summed E-state index contributed by atoms with van der Waals surface area (Å²) in [5.74, 6) is 0.219. The van der Waals surface area contributed by atoms with E-state index in [4.69, 9.17) is 5.73 Å². The van der Waals surface area contributed by atoms with Crippen molar-refractivity contribution in [1.82, 2.24) is 5.32 Å². The third kappa shape index (κ3) is 3.19. The van der Waals surface area contributed by atoms with Gasteiger partial charge in [0.1, 0.15) is 4.88 Å². The first-order valence-electron chi connectivity index (χ1n) is 6.69. The molecule has 2 rings (SSSR count). The van der Waals surface area contributed by atoms with Gasteiger partial charge in [-0.3, -0.25) is 4.79 Å². The summed E-state index contributed by atoms with van der Waals surface area (Å²) in [7, 11) is 0.